The number of hydrogen-bond donors (Lipinski definition) is 0. The molecule has 1 unspecified atom stereocenters. The van der Waals surface area contributed by atoms with Gasteiger partial charge in [-0.15, -0.1) is 10.2 Å². The van der Waals surface area contributed by atoms with E-state index in [9.17, 15) is 9.59 Å². The van der Waals surface area contributed by atoms with E-state index in [2.05, 4.69) is 15.3 Å². The van der Waals surface area contributed by atoms with E-state index in [0.717, 1.165) is 17.7 Å². The third-order valence-electron chi connectivity index (χ3n) is 4.93. The summed E-state index contributed by atoms with van der Waals surface area (Å²) in [5.74, 6) is 0.506. The summed E-state index contributed by atoms with van der Waals surface area (Å²) in [4.78, 5) is 25.8. The van der Waals surface area contributed by atoms with Gasteiger partial charge in [0.05, 0.1) is 12.3 Å². The van der Waals surface area contributed by atoms with Gasteiger partial charge in [-0.1, -0.05) is 30.3 Å². The second-order valence-corrected chi connectivity index (χ2v) is 7.02. The van der Waals surface area contributed by atoms with Gasteiger partial charge in [-0.05, 0) is 18.6 Å². The zero-order valence-corrected chi connectivity index (χ0v) is 16.1. The van der Waals surface area contributed by atoms with E-state index in [1.807, 2.05) is 42.5 Å². The van der Waals surface area contributed by atoms with Crippen LogP contribution in [0.1, 0.15) is 16.9 Å². The standard InChI is InChI=1S/C21H21N5O3/c1-25-20(27)10-8-18(24-25)21(28)26-12-11-15(13-26)14-29-19-9-7-17(22-23-19)16-5-3-2-4-6-16/h2-10,15H,11-14H2,1H3. The second kappa shape index (κ2) is 8.22. The summed E-state index contributed by atoms with van der Waals surface area (Å²) in [6, 6.07) is 16.3. The average Bonchev–Trinajstić information content (AvgIpc) is 3.24. The number of amides is 1. The number of carbonyl (C=O) groups is 1. The van der Waals surface area contributed by atoms with E-state index in [1.165, 1.54) is 23.9 Å². The molecule has 1 saturated heterocycles. The van der Waals surface area contributed by atoms with Gasteiger partial charge in [0, 0.05) is 43.8 Å². The van der Waals surface area contributed by atoms with Gasteiger partial charge in [0.25, 0.3) is 11.5 Å². The number of aryl methyl sites for hydroxylation is 1. The van der Waals surface area contributed by atoms with Crippen molar-refractivity contribution in [2.75, 3.05) is 19.7 Å². The van der Waals surface area contributed by atoms with Crippen molar-refractivity contribution < 1.29 is 9.53 Å². The molecule has 4 rings (SSSR count). The van der Waals surface area contributed by atoms with Crippen LogP contribution >= 0.6 is 0 Å². The smallest absolute Gasteiger partial charge is 0.274 e. The number of ether oxygens (including phenoxy) is 1. The Morgan fingerprint density at radius 2 is 1.93 bits per heavy atom. The maximum atomic E-state index is 12.6. The van der Waals surface area contributed by atoms with Gasteiger partial charge in [-0.25, -0.2) is 4.68 Å². The zero-order chi connectivity index (χ0) is 20.2. The summed E-state index contributed by atoms with van der Waals surface area (Å²) in [5, 5.41) is 12.4. The van der Waals surface area contributed by atoms with Gasteiger partial charge in [0.15, 0.2) is 0 Å². The van der Waals surface area contributed by atoms with Crippen molar-refractivity contribution in [1.29, 1.82) is 0 Å². The quantitative estimate of drug-likeness (QED) is 0.659. The van der Waals surface area contributed by atoms with Gasteiger partial charge in [-0.2, -0.15) is 5.10 Å². The van der Waals surface area contributed by atoms with Gasteiger partial charge in [0.2, 0.25) is 5.88 Å². The van der Waals surface area contributed by atoms with Crippen LogP contribution in [0.15, 0.2) is 59.4 Å². The van der Waals surface area contributed by atoms with E-state index >= 15 is 0 Å². The van der Waals surface area contributed by atoms with Crippen molar-refractivity contribution in [3.63, 3.8) is 0 Å². The first-order chi connectivity index (χ1) is 14.1. The molecule has 1 atom stereocenters. The van der Waals surface area contributed by atoms with E-state index in [-0.39, 0.29) is 23.1 Å². The number of hydrogen-bond acceptors (Lipinski definition) is 6. The van der Waals surface area contributed by atoms with Crippen LogP contribution in [0.3, 0.4) is 0 Å². The molecule has 0 saturated carbocycles. The van der Waals surface area contributed by atoms with Gasteiger partial charge < -0.3 is 9.64 Å². The number of carbonyl (C=O) groups excluding carboxylic acids is 1. The molecule has 0 spiro atoms. The molecule has 0 bridgehead atoms. The fraction of sp³-hybridized carbons (Fsp3) is 0.286. The molecule has 1 aromatic carbocycles. The minimum atomic E-state index is -0.242. The maximum absolute atomic E-state index is 12.6. The molecule has 3 aromatic rings. The summed E-state index contributed by atoms with van der Waals surface area (Å²) in [5.41, 5.74) is 1.83. The molecular weight excluding hydrogens is 370 g/mol. The highest BCUT2D eigenvalue weighted by Gasteiger charge is 2.28. The lowest BCUT2D eigenvalue weighted by molar-refractivity contribution is 0.0774. The normalized spacial score (nSPS) is 16.0. The summed E-state index contributed by atoms with van der Waals surface area (Å²) >= 11 is 0. The summed E-state index contributed by atoms with van der Waals surface area (Å²) in [7, 11) is 1.53. The summed E-state index contributed by atoms with van der Waals surface area (Å²) < 4.78 is 6.95. The Bertz CT molecular complexity index is 1050. The molecule has 0 radical (unpaired) electrons. The molecule has 1 aliphatic heterocycles. The van der Waals surface area contributed by atoms with Crippen molar-refractivity contribution in [3.8, 4) is 17.1 Å². The fourth-order valence-electron chi connectivity index (χ4n) is 3.29. The van der Waals surface area contributed by atoms with Gasteiger partial charge >= 0.3 is 0 Å². The molecule has 2 aromatic heterocycles. The Hall–Kier alpha value is -3.55. The molecule has 148 valence electrons. The summed E-state index contributed by atoms with van der Waals surface area (Å²) in [6.45, 7) is 1.68. The lowest BCUT2D eigenvalue weighted by atomic mass is 10.1. The third-order valence-corrected chi connectivity index (χ3v) is 4.93. The third kappa shape index (κ3) is 4.31. The molecule has 8 nitrogen and oxygen atoms in total. The van der Waals surface area contributed by atoms with Crippen molar-refractivity contribution in [2.24, 2.45) is 13.0 Å². The monoisotopic (exact) mass is 391 g/mol. The largest absolute Gasteiger partial charge is 0.476 e. The van der Waals surface area contributed by atoms with E-state index < -0.39 is 0 Å². The van der Waals surface area contributed by atoms with Gasteiger partial charge in [0.1, 0.15) is 5.69 Å². The molecule has 1 aliphatic rings. The van der Waals surface area contributed by atoms with Crippen LogP contribution in [0.4, 0.5) is 0 Å². The molecule has 1 amide bonds. The summed E-state index contributed by atoms with van der Waals surface area (Å²) in [6.07, 6.45) is 0.840. The minimum absolute atomic E-state index is 0.171. The minimum Gasteiger partial charge on any atom is -0.476 e. The van der Waals surface area contributed by atoms with Crippen LogP contribution in [-0.2, 0) is 7.05 Å². The van der Waals surface area contributed by atoms with Crippen LogP contribution in [-0.4, -0.2) is 50.5 Å². The Morgan fingerprint density at radius 3 is 2.66 bits per heavy atom. The SMILES string of the molecule is Cn1nc(C(=O)N2CCC(COc3ccc(-c4ccccc4)nn3)C2)ccc1=O. The average molecular weight is 391 g/mol. The number of likely N-dealkylation sites (tertiary alicyclic amines) is 1. The van der Waals surface area contributed by atoms with E-state index in [4.69, 9.17) is 4.74 Å². The molecule has 0 aliphatic carbocycles. The Balaban J connectivity index is 1.31. The molecule has 0 N–H and O–H groups in total. The van der Waals surface area contributed by atoms with Crippen molar-refractivity contribution in [2.45, 2.75) is 6.42 Å². The van der Waals surface area contributed by atoms with Crippen LogP contribution in [0.25, 0.3) is 11.3 Å². The lowest BCUT2D eigenvalue weighted by Crippen LogP contribution is -2.32. The number of benzene rings is 1. The van der Waals surface area contributed by atoms with Crippen LogP contribution < -0.4 is 10.3 Å². The molecule has 29 heavy (non-hydrogen) atoms. The Labute approximate surface area is 167 Å². The lowest BCUT2D eigenvalue weighted by Gasteiger charge is -2.16. The second-order valence-electron chi connectivity index (χ2n) is 7.02. The first-order valence-electron chi connectivity index (χ1n) is 9.46. The number of nitrogens with zero attached hydrogens (tertiary/aromatic N) is 5. The van der Waals surface area contributed by atoms with Crippen molar-refractivity contribution in [3.05, 3.63) is 70.6 Å². The molecule has 3 heterocycles. The highest BCUT2D eigenvalue weighted by atomic mass is 16.5. The predicted molar refractivity (Wildman–Crippen MR) is 106 cm³/mol. The fourth-order valence-corrected chi connectivity index (χ4v) is 3.29. The first kappa shape index (κ1) is 18.8. The highest BCUT2D eigenvalue weighted by molar-refractivity contribution is 5.92. The van der Waals surface area contributed by atoms with Gasteiger partial charge in [-0.3, -0.25) is 9.59 Å². The van der Waals surface area contributed by atoms with Crippen molar-refractivity contribution >= 4 is 5.91 Å². The van der Waals surface area contributed by atoms with Crippen molar-refractivity contribution in [1.82, 2.24) is 24.9 Å². The highest BCUT2D eigenvalue weighted by Crippen LogP contribution is 2.20. The number of aromatic nitrogens is 4. The molecular formula is C21H21N5O3. The Morgan fingerprint density at radius 1 is 1.10 bits per heavy atom. The molecule has 8 heteroatoms. The zero-order valence-electron chi connectivity index (χ0n) is 16.1. The predicted octanol–water partition coefficient (Wildman–Crippen LogP) is 1.78. The van der Waals surface area contributed by atoms with E-state index in [1.54, 1.807) is 4.90 Å². The topological polar surface area (TPSA) is 90.2 Å². The maximum Gasteiger partial charge on any atom is 0.274 e. The van der Waals surface area contributed by atoms with Crippen LogP contribution in [0.5, 0.6) is 5.88 Å². The Kier molecular flexibility index (Phi) is 5.33. The van der Waals surface area contributed by atoms with Crippen LogP contribution in [0, 0.1) is 5.92 Å². The first-order valence-corrected chi connectivity index (χ1v) is 9.46. The number of rotatable bonds is 5. The van der Waals surface area contributed by atoms with Crippen LogP contribution in [0.2, 0.25) is 0 Å². The van der Waals surface area contributed by atoms with E-state index in [0.29, 0.717) is 25.6 Å². The molecule has 1 fully saturated rings.